The number of esters is 2. The van der Waals surface area contributed by atoms with E-state index in [1.54, 1.807) is 6.07 Å². The molecule has 2 fully saturated rings. The molecule has 152 valence electrons. The van der Waals surface area contributed by atoms with Crippen molar-refractivity contribution in [1.29, 1.82) is 0 Å². The molecule has 29 heavy (non-hydrogen) atoms. The summed E-state index contributed by atoms with van der Waals surface area (Å²) in [6.07, 6.45) is 2.58. The number of carbonyl (C=O) groups excluding carboxylic acids is 3. The molecule has 2 saturated carbocycles. The molecule has 0 saturated heterocycles. The quantitative estimate of drug-likeness (QED) is 0.417. The average molecular weight is 394 g/mol. The molecule has 5 heteroatoms. The first-order chi connectivity index (χ1) is 13.8. The lowest BCUT2D eigenvalue weighted by Gasteiger charge is -2.32. The monoisotopic (exact) mass is 394 g/mol. The summed E-state index contributed by atoms with van der Waals surface area (Å²) >= 11 is 0. The Balaban J connectivity index is 1.74. The SMILES string of the molecule is CCCOC(=O)c1ccc2ccccc2c1OC(=O)C12CCC(C1)C(C)(C)C2=O. The van der Waals surface area contributed by atoms with E-state index in [9.17, 15) is 14.4 Å². The van der Waals surface area contributed by atoms with Crippen LogP contribution in [0.25, 0.3) is 10.8 Å². The maximum Gasteiger partial charge on any atom is 0.341 e. The third kappa shape index (κ3) is 2.95. The van der Waals surface area contributed by atoms with E-state index in [1.165, 1.54) is 0 Å². The number of ketones is 1. The minimum Gasteiger partial charge on any atom is -0.462 e. The Labute approximate surface area is 170 Å². The Bertz CT molecular complexity index is 1010. The van der Waals surface area contributed by atoms with Gasteiger partial charge in [-0.05, 0) is 43.1 Å². The van der Waals surface area contributed by atoms with Gasteiger partial charge in [-0.25, -0.2) is 4.79 Å². The van der Waals surface area contributed by atoms with Gasteiger partial charge in [0.15, 0.2) is 11.5 Å². The van der Waals surface area contributed by atoms with Crippen LogP contribution in [-0.4, -0.2) is 24.3 Å². The molecule has 2 aromatic rings. The third-order valence-corrected chi connectivity index (χ3v) is 6.68. The van der Waals surface area contributed by atoms with Gasteiger partial charge in [-0.15, -0.1) is 0 Å². The maximum atomic E-state index is 13.3. The number of hydrogen-bond donors (Lipinski definition) is 0. The maximum absolute atomic E-state index is 13.3. The van der Waals surface area contributed by atoms with Crippen LogP contribution in [0, 0.1) is 16.7 Å². The molecule has 2 aliphatic carbocycles. The summed E-state index contributed by atoms with van der Waals surface area (Å²) < 4.78 is 11.2. The zero-order chi connectivity index (χ0) is 20.8. The van der Waals surface area contributed by atoms with Crippen molar-refractivity contribution in [2.75, 3.05) is 6.61 Å². The van der Waals surface area contributed by atoms with Crippen LogP contribution in [0.2, 0.25) is 0 Å². The van der Waals surface area contributed by atoms with Gasteiger partial charge in [-0.3, -0.25) is 9.59 Å². The first-order valence-corrected chi connectivity index (χ1v) is 10.3. The Morgan fingerprint density at radius 1 is 1.14 bits per heavy atom. The summed E-state index contributed by atoms with van der Waals surface area (Å²) in [5.74, 6) is -0.730. The van der Waals surface area contributed by atoms with Gasteiger partial charge in [-0.1, -0.05) is 51.1 Å². The van der Waals surface area contributed by atoms with Gasteiger partial charge in [0.1, 0.15) is 11.0 Å². The summed E-state index contributed by atoms with van der Waals surface area (Å²) in [5.41, 5.74) is -1.41. The Kier molecular flexibility index (Phi) is 4.72. The average Bonchev–Trinajstić information content (AvgIpc) is 3.25. The molecule has 0 amide bonds. The number of ether oxygens (including phenoxy) is 2. The molecule has 4 rings (SSSR count). The van der Waals surface area contributed by atoms with E-state index in [-0.39, 0.29) is 29.6 Å². The highest BCUT2D eigenvalue weighted by atomic mass is 16.5. The molecule has 0 aliphatic heterocycles. The highest BCUT2D eigenvalue weighted by molar-refractivity contribution is 6.11. The number of Topliss-reactive ketones (excluding diaryl/α,β-unsaturated/α-hetero) is 1. The number of hydrogen-bond acceptors (Lipinski definition) is 5. The van der Waals surface area contributed by atoms with Crippen molar-refractivity contribution in [3.05, 3.63) is 42.0 Å². The summed E-state index contributed by atoms with van der Waals surface area (Å²) in [6, 6.07) is 10.8. The Morgan fingerprint density at radius 2 is 1.90 bits per heavy atom. The fourth-order valence-corrected chi connectivity index (χ4v) is 4.92. The van der Waals surface area contributed by atoms with Crippen molar-refractivity contribution in [3.8, 4) is 5.75 Å². The van der Waals surface area contributed by atoms with Crippen molar-refractivity contribution in [3.63, 3.8) is 0 Å². The highest BCUT2D eigenvalue weighted by Gasteiger charge is 2.66. The summed E-state index contributed by atoms with van der Waals surface area (Å²) in [5, 5.41) is 1.50. The largest absolute Gasteiger partial charge is 0.462 e. The lowest BCUT2D eigenvalue weighted by atomic mass is 9.71. The molecule has 0 aromatic heterocycles. The van der Waals surface area contributed by atoms with Crippen LogP contribution < -0.4 is 4.74 Å². The molecule has 5 nitrogen and oxygen atoms in total. The van der Waals surface area contributed by atoms with Crippen LogP contribution in [0.4, 0.5) is 0 Å². The first kappa shape index (κ1) is 19.6. The molecule has 2 aliphatic rings. The zero-order valence-corrected chi connectivity index (χ0v) is 17.1. The van der Waals surface area contributed by atoms with E-state index in [4.69, 9.17) is 9.47 Å². The fourth-order valence-electron chi connectivity index (χ4n) is 4.92. The van der Waals surface area contributed by atoms with Crippen molar-refractivity contribution in [2.45, 2.75) is 46.5 Å². The van der Waals surface area contributed by atoms with Crippen LogP contribution in [0.1, 0.15) is 56.8 Å². The number of fused-ring (bicyclic) bond motifs is 3. The van der Waals surface area contributed by atoms with E-state index in [0.29, 0.717) is 24.6 Å². The molecule has 0 heterocycles. The predicted molar refractivity (Wildman–Crippen MR) is 109 cm³/mol. The van der Waals surface area contributed by atoms with Crippen LogP contribution in [-0.2, 0) is 14.3 Å². The van der Waals surface area contributed by atoms with Gasteiger partial charge in [0.05, 0.1) is 6.61 Å². The van der Waals surface area contributed by atoms with Crippen molar-refractivity contribution >= 4 is 28.5 Å². The molecule has 2 unspecified atom stereocenters. The smallest absolute Gasteiger partial charge is 0.341 e. The van der Waals surface area contributed by atoms with Gasteiger partial charge >= 0.3 is 11.9 Å². The van der Waals surface area contributed by atoms with Gasteiger partial charge in [0.25, 0.3) is 0 Å². The second-order valence-corrected chi connectivity index (χ2v) is 8.76. The first-order valence-electron chi connectivity index (χ1n) is 10.3. The Hall–Kier alpha value is -2.69. The van der Waals surface area contributed by atoms with E-state index in [2.05, 4.69) is 0 Å². The second kappa shape index (κ2) is 6.97. The molecule has 2 atom stereocenters. The standard InChI is InChI=1S/C24H26O5/c1-4-13-28-20(25)18-10-9-15-7-5-6-8-17(15)19(18)29-22(27)24-12-11-16(14-24)23(2,3)21(24)26/h5-10,16H,4,11-14H2,1-3H3. The molecule has 2 bridgehead atoms. The molecular weight excluding hydrogens is 368 g/mol. The van der Waals surface area contributed by atoms with Crippen molar-refractivity contribution in [1.82, 2.24) is 0 Å². The van der Waals surface area contributed by atoms with Crippen LogP contribution in [0.3, 0.4) is 0 Å². The van der Waals surface area contributed by atoms with Gasteiger partial charge in [0, 0.05) is 10.8 Å². The Morgan fingerprint density at radius 3 is 2.59 bits per heavy atom. The van der Waals surface area contributed by atoms with Gasteiger partial charge < -0.3 is 9.47 Å². The summed E-state index contributed by atoms with van der Waals surface area (Å²) in [4.78, 5) is 39.0. The second-order valence-electron chi connectivity index (χ2n) is 8.76. The van der Waals surface area contributed by atoms with E-state index in [0.717, 1.165) is 11.8 Å². The molecule has 0 spiro atoms. The molecule has 0 N–H and O–H groups in total. The van der Waals surface area contributed by atoms with Crippen LogP contribution >= 0.6 is 0 Å². The normalized spacial score (nSPS) is 24.7. The van der Waals surface area contributed by atoms with Crippen LogP contribution in [0.5, 0.6) is 5.75 Å². The fraction of sp³-hybridized carbons (Fsp3) is 0.458. The van der Waals surface area contributed by atoms with E-state index >= 15 is 0 Å². The minimum absolute atomic E-state index is 0.0402. The highest BCUT2D eigenvalue weighted by Crippen LogP contribution is 2.60. The number of rotatable bonds is 5. The van der Waals surface area contributed by atoms with E-state index < -0.39 is 22.8 Å². The summed E-state index contributed by atoms with van der Waals surface area (Å²) in [6.45, 7) is 6.04. The van der Waals surface area contributed by atoms with E-state index in [1.807, 2.05) is 51.1 Å². The lowest BCUT2D eigenvalue weighted by Crippen LogP contribution is -2.44. The lowest BCUT2D eigenvalue weighted by molar-refractivity contribution is -0.153. The zero-order valence-electron chi connectivity index (χ0n) is 17.1. The van der Waals surface area contributed by atoms with Crippen molar-refractivity contribution in [2.24, 2.45) is 16.7 Å². The van der Waals surface area contributed by atoms with Crippen LogP contribution in [0.15, 0.2) is 36.4 Å². The predicted octanol–water partition coefficient (Wildman–Crippen LogP) is 4.71. The summed E-state index contributed by atoms with van der Waals surface area (Å²) in [7, 11) is 0. The van der Waals surface area contributed by atoms with Gasteiger partial charge in [-0.2, -0.15) is 0 Å². The molecule has 0 radical (unpaired) electrons. The topological polar surface area (TPSA) is 69.7 Å². The molecule has 2 aromatic carbocycles. The van der Waals surface area contributed by atoms with Crippen molar-refractivity contribution < 1.29 is 23.9 Å². The van der Waals surface area contributed by atoms with Gasteiger partial charge in [0.2, 0.25) is 0 Å². The number of benzene rings is 2. The minimum atomic E-state index is -1.10. The third-order valence-electron chi connectivity index (χ3n) is 6.68. The molecular formula is C24H26O5. The number of carbonyl (C=O) groups is 3.